The van der Waals surface area contributed by atoms with Crippen LogP contribution in [-0.4, -0.2) is 26.6 Å². The van der Waals surface area contributed by atoms with Crippen LogP contribution in [0.4, 0.5) is 13.2 Å². The lowest BCUT2D eigenvalue weighted by Gasteiger charge is -2.21. The maximum Gasteiger partial charge on any atom is 0.416 e. The summed E-state index contributed by atoms with van der Waals surface area (Å²) in [6.07, 6.45) is -2.64. The molecule has 1 N–H and O–H groups in total. The van der Waals surface area contributed by atoms with E-state index in [1.807, 2.05) is 13.0 Å². The van der Waals surface area contributed by atoms with Crippen LogP contribution in [0.25, 0.3) is 17.0 Å². The zero-order valence-corrected chi connectivity index (χ0v) is 18.5. The maximum absolute atomic E-state index is 13.0. The van der Waals surface area contributed by atoms with Gasteiger partial charge in [0, 0.05) is 6.42 Å². The van der Waals surface area contributed by atoms with E-state index in [0.29, 0.717) is 17.2 Å². The van der Waals surface area contributed by atoms with Crippen LogP contribution in [0.5, 0.6) is 0 Å². The van der Waals surface area contributed by atoms with Crippen LogP contribution >= 0.6 is 25.3 Å². The Hall–Kier alpha value is -1.91. The van der Waals surface area contributed by atoms with E-state index in [2.05, 4.69) is 35.2 Å². The molecular formula is C19H19ClF3N3O2S2. The summed E-state index contributed by atoms with van der Waals surface area (Å²) in [5.74, 6) is -0.264. The topological polar surface area (TPSA) is 58.9 Å². The van der Waals surface area contributed by atoms with Crippen molar-refractivity contribution in [1.29, 1.82) is 0 Å². The molecule has 11 heteroatoms. The highest BCUT2D eigenvalue weighted by molar-refractivity contribution is 8.01. The summed E-state index contributed by atoms with van der Waals surface area (Å²) in [4.78, 5) is 19.5. The molecule has 0 aliphatic rings. The number of alkyl halides is 3. The van der Waals surface area contributed by atoms with Crippen molar-refractivity contribution in [3.8, 4) is 5.95 Å². The third-order valence-corrected chi connectivity index (χ3v) is 5.05. The summed E-state index contributed by atoms with van der Waals surface area (Å²) in [6, 6.07) is 6.94. The average Bonchev–Trinajstić information content (AvgIpc) is 3.05. The van der Waals surface area contributed by atoms with Crippen LogP contribution in [0.1, 0.15) is 23.7 Å². The summed E-state index contributed by atoms with van der Waals surface area (Å²) >= 11 is 8.70. The minimum absolute atomic E-state index is 0. The van der Waals surface area contributed by atoms with Gasteiger partial charge in [0.1, 0.15) is 5.52 Å². The van der Waals surface area contributed by atoms with Gasteiger partial charge in [-0.2, -0.15) is 13.2 Å². The predicted octanol–water partition coefficient (Wildman–Crippen LogP) is 0.832. The highest BCUT2D eigenvalue weighted by Gasteiger charge is 2.36. The number of nitrogens with zero attached hydrogens (tertiary/aromatic N) is 2. The number of esters is 1. The van der Waals surface area contributed by atoms with Crippen molar-refractivity contribution in [1.82, 2.24) is 9.97 Å². The number of hydrogen-bond acceptors (Lipinski definition) is 5. The van der Waals surface area contributed by atoms with Crippen molar-refractivity contribution in [3.63, 3.8) is 0 Å². The van der Waals surface area contributed by atoms with Gasteiger partial charge in [0.05, 0.1) is 24.1 Å². The molecule has 0 saturated heterocycles. The fourth-order valence-corrected chi connectivity index (χ4v) is 3.34. The molecule has 0 unspecified atom stereocenters. The summed E-state index contributed by atoms with van der Waals surface area (Å²) in [6.45, 7) is 3.73. The van der Waals surface area contributed by atoms with E-state index in [1.165, 1.54) is 6.07 Å². The Bertz CT molecular complexity index is 1070. The fourth-order valence-electron chi connectivity index (χ4n) is 2.91. The summed E-state index contributed by atoms with van der Waals surface area (Å²) in [5.41, 5.74) is 1.38. The lowest BCUT2D eigenvalue weighted by Crippen LogP contribution is -3.00. The van der Waals surface area contributed by atoms with Gasteiger partial charge in [-0.25, -0.2) is 14.3 Å². The molecule has 0 bridgehead atoms. The molecule has 0 radical (unpaired) electrons. The first-order valence-electron chi connectivity index (χ1n) is 8.72. The lowest BCUT2D eigenvalue weighted by atomic mass is 10.1. The van der Waals surface area contributed by atoms with Gasteiger partial charge in [-0.3, -0.25) is 0 Å². The van der Waals surface area contributed by atoms with Crippen LogP contribution < -0.4 is 17.0 Å². The van der Waals surface area contributed by atoms with E-state index < -0.39 is 21.8 Å². The number of hydrogen-bond donors (Lipinski definition) is 3. The Morgan fingerprint density at radius 1 is 1.27 bits per heavy atom. The fraction of sp³-hybridized carbons (Fsp3) is 0.316. The van der Waals surface area contributed by atoms with Crippen molar-refractivity contribution in [2.24, 2.45) is 0 Å². The molecule has 0 spiro atoms. The van der Waals surface area contributed by atoms with E-state index in [-0.39, 0.29) is 31.0 Å². The van der Waals surface area contributed by atoms with E-state index in [9.17, 15) is 18.0 Å². The number of aryl methyl sites for hydroxylation is 1. The van der Waals surface area contributed by atoms with Gasteiger partial charge < -0.3 is 17.1 Å². The molecule has 5 nitrogen and oxygen atoms in total. The SMILES string of the molecule is CCOC(=O)C(S)(S)Cc1c(C)ccc[n+]1-c1nc2ccc(C(F)(F)F)cc2[nH]1.[Cl-]. The monoisotopic (exact) mass is 477 g/mol. The molecule has 0 aliphatic heterocycles. The molecule has 2 aromatic heterocycles. The number of aromatic nitrogens is 3. The molecule has 3 rings (SSSR count). The first-order chi connectivity index (χ1) is 13.5. The van der Waals surface area contributed by atoms with E-state index in [4.69, 9.17) is 4.74 Å². The predicted molar refractivity (Wildman–Crippen MR) is 108 cm³/mol. The molecule has 0 saturated carbocycles. The minimum atomic E-state index is -4.45. The molecule has 2 heterocycles. The van der Waals surface area contributed by atoms with Gasteiger partial charge in [-0.1, -0.05) is 11.1 Å². The van der Waals surface area contributed by atoms with E-state index in [1.54, 1.807) is 23.8 Å². The second-order valence-electron chi connectivity index (χ2n) is 6.51. The number of pyridine rings is 1. The standard InChI is InChI=1S/C19H18F3N3O2S2.ClH/c1-3-27-16(26)18(28,29)10-15-11(2)5-4-8-25(15)17-23-13-7-6-12(19(20,21)22)9-14(13)24-17;/h4-9H,3,10H2,1-2H3,(H2-,23,24,28,29);1H. The van der Waals surface area contributed by atoms with Crippen molar-refractivity contribution in [3.05, 3.63) is 53.3 Å². The Morgan fingerprint density at radius 3 is 2.60 bits per heavy atom. The molecule has 0 fully saturated rings. The smallest absolute Gasteiger partial charge is 0.416 e. The molecule has 30 heavy (non-hydrogen) atoms. The third-order valence-electron chi connectivity index (χ3n) is 4.37. The van der Waals surface area contributed by atoms with Crippen LogP contribution in [0.2, 0.25) is 0 Å². The normalized spacial score (nSPS) is 12.0. The van der Waals surface area contributed by atoms with Gasteiger partial charge in [-0.05, 0) is 43.7 Å². The Morgan fingerprint density at radius 2 is 1.97 bits per heavy atom. The summed E-state index contributed by atoms with van der Waals surface area (Å²) in [5, 5.41) is 0. The van der Waals surface area contributed by atoms with Gasteiger partial charge in [0.15, 0.2) is 9.60 Å². The number of imidazole rings is 1. The maximum atomic E-state index is 13.0. The van der Waals surface area contributed by atoms with Gasteiger partial charge >= 0.3 is 18.1 Å². The second kappa shape index (κ2) is 9.07. The first kappa shape index (κ1) is 24.4. The Labute approximate surface area is 188 Å². The average molecular weight is 478 g/mol. The van der Waals surface area contributed by atoms with E-state index in [0.717, 1.165) is 17.7 Å². The third kappa shape index (κ3) is 5.04. The number of thiol groups is 2. The van der Waals surface area contributed by atoms with Gasteiger partial charge in [0.2, 0.25) is 0 Å². The molecule has 0 aliphatic carbocycles. The zero-order valence-electron chi connectivity index (χ0n) is 16.0. The number of carbonyl (C=O) groups excluding carboxylic acids is 1. The molecule has 1 aromatic carbocycles. The number of nitrogens with one attached hydrogen (secondary N) is 1. The largest absolute Gasteiger partial charge is 1.00 e. The number of benzene rings is 1. The Kier molecular flexibility index (Phi) is 7.36. The molecule has 162 valence electrons. The molecule has 3 aromatic rings. The quantitative estimate of drug-likeness (QED) is 0.221. The van der Waals surface area contributed by atoms with Crippen LogP contribution in [0.3, 0.4) is 0 Å². The summed E-state index contributed by atoms with van der Waals surface area (Å²) in [7, 11) is 0. The van der Waals surface area contributed by atoms with Crippen LogP contribution in [0, 0.1) is 6.92 Å². The second-order valence-corrected chi connectivity index (χ2v) is 8.39. The first-order valence-corrected chi connectivity index (χ1v) is 9.62. The molecule has 0 amide bonds. The van der Waals surface area contributed by atoms with Crippen molar-refractivity contribution >= 4 is 42.3 Å². The van der Waals surface area contributed by atoms with Crippen molar-refractivity contribution in [2.75, 3.05) is 6.61 Å². The minimum Gasteiger partial charge on any atom is -1.00 e. The lowest BCUT2D eigenvalue weighted by molar-refractivity contribution is -0.612. The van der Waals surface area contributed by atoms with Gasteiger partial charge in [0.25, 0.3) is 0 Å². The highest BCUT2D eigenvalue weighted by atomic mass is 35.5. The van der Waals surface area contributed by atoms with Crippen molar-refractivity contribution in [2.45, 2.75) is 30.5 Å². The zero-order chi connectivity index (χ0) is 21.4. The number of fused-ring (bicyclic) bond motifs is 1. The molecule has 0 atom stereocenters. The number of ether oxygens (including phenoxy) is 1. The summed E-state index contributed by atoms with van der Waals surface area (Å²) < 4.78 is 44.3. The highest BCUT2D eigenvalue weighted by Crippen LogP contribution is 2.31. The molecular weight excluding hydrogens is 459 g/mol. The van der Waals surface area contributed by atoms with Crippen molar-refractivity contribution < 1.29 is 39.7 Å². The van der Waals surface area contributed by atoms with Gasteiger partial charge in [-0.15, -0.1) is 25.3 Å². The van der Waals surface area contributed by atoms with Crippen LogP contribution in [0.15, 0.2) is 36.5 Å². The number of carbonyl (C=O) groups is 1. The number of aromatic amines is 1. The van der Waals surface area contributed by atoms with E-state index >= 15 is 0 Å². The van der Waals surface area contributed by atoms with Crippen LogP contribution in [-0.2, 0) is 22.1 Å². The number of halogens is 4. The number of H-pyrrole nitrogens is 1. The Balaban J connectivity index is 0.00000320. The number of rotatable bonds is 5.